The number of carbonyl (C=O) groups excluding carboxylic acids is 3. The van der Waals surface area contributed by atoms with E-state index in [-0.39, 0.29) is 0 Å². The number of benzene rings is 2. The third-order valence-electron chi connectivity index (χ3n) is 3.65. The van der Waals surface area contributed by atoms with Crippen LogP contribution in [-0.4, -0.2) is 39.4 Å². The summed E-state index contributed by atoms with van der Waals surface area (Å²) >= 11 is 0. The summed E-state index contributed by atoms with van der Waals surface area (Å²) in [7, 11) is -3.86. The van der Waals surface area contributed by atoms with Crippen LogP contribution in [0, 0.1) is 6.92 Å². The number of ether oxygens (including phenoxy) is 1. The zero-order chi connectivity index (χ0) is 22.0. The van der Waals surface area contributed by atoms with E-state index in [4.69, 9.17) is 0 Å². The second-order valence-corrected chi connectivity index (χ2v) is 7.76. The minimum atomic E-state index is -3.86. The largest absolute Gasteiger partial charge is 0.455 e. The Kier molecular flexibility index (Phi) is 8.27. The van der Waals surface area contributed by atoms with Crippen LogP contribution in [0.1, 0.15) is 21.5 Å². The van der Waals surface area contributed by atoms with Gasteiger partial charge in [-0.15, -0.1) is 0 Å². The monoisotopic (exact) mass is 431 g/mol. The van der Waals surface area contributed by atoms with E-state index in [1.54, 1.807) is 42.5 Å². The topological polar surface area (TPSA) is 131 Å². The van der Waals surface area contributed by atoms with E-state index in [0.717, 1.165) is 11.0 Å². The second-order valence-electron chi connectivity index (χ2n) is 6.11. The number of hydrogen-bond acceptors (Lipinski definition) is 6. The van der Waals surface area contributed by atoms with Crippen LogP contribution < -0.4 is 15.6 Å². The normalized spacial score (nSPS) is 11.1. The molecule has 0 spiro atoms. The van der Waals surface area contributed by atoms with Gasteiger partial charge in [0.25, 0.3) is 11.8 Å². The van der Waals surface area contributed by atoms with Crippen LogP contribution in [0.5, 0.6) is 0 Å². The summed E-state index contributed by atoms with van der Waals surface area (Å²) in [5.74, 6) is -2.27. The highest BCUT2D eigenvalue weighted by Crippen LogP contribution is 2.06. The summed E-state index contributed by atoms with van der Waals surface area (Å²) < 4.78 is 30.5. The third-order valence-corrected chi connectivity index (χ3v) is 4.69. The Labute approximate surface area is 174 Å². The maximum atomic E-state index is 11.9. The Hall–Kier alpha value is -3.50. The molecule has 2 aromatic carbocycles. The minimum Gasteiger partial charge on any atom is -0.455 e. The van der Waals surface area contributed by atoms with Gasteiger partial charge < -0.3 is 4.74 Å². The Morgan fingerprint density at radius 2 is 1.63 bits per heavy atom. The molecule has 0 atom stereocenters. The first-order chi connectivity index (χ1) is 14.2. The summed E-state index contributed by atoms with van der Waals surface area (Å²) in [5, 5.41) is 0.927. The number of amides is 2. The average molecular weight is 431 g/mol. The highest BCUT2D eigenvalue weighted by Gasteiger charge is 2.12. The number of carbonyl (C=O) groups is 3. The number of nitrogens with one attached hydrogen (secondary N) is 3. The Bertz CT molecular complexity index is 1020. The van der Waals surface area contributed by atoms with Gasteiger partial charge in [-0.05, 0) is 30.7 Å². The highest BCUT2D eigenvalue weighted by molar-refractivity contribution is 7.92. The Morgan fingerprint density at radius 1 is 0.967 bits per heavy atom. The maximum absolute atomic E-state index is 11.9. The molecule has 0 heterocycles. The summed E-state index contributed by atoms with van der Waals surface area (Å²) in [6.45, 7) is 0.577. The summed E-state index contributed by atoms with van der Waals surface area (Å²) in [6, 6.07) is 15.4. The molecule has 2 amide bonds. The fraction of sp³-hybridized carbons (Fsp3) is 0.150. The fourth-order valence-electron chi connectivity index (χ4n) is 2.07. The van der Waals surface area contributed by atoms with Crippen molar-refractivity contribution in [3.05, 3.63) is 76.7 Å². The quantitative estimate of drug-likeness (QED) is 0.420. The van der Waals surface area contributed by atoms with E-state index < -0.39 is 41.0 Å². The zero-order valence-electron chi connectivity index (χ0n) is 16.1. The van der Waals surface area contributed by atoms with Crippen molar-refractivity contribution in [3.63, 3.8) is 0 Å². The van der Waals surface area contributed by atoms with Crippen LogP contribution in [0.4, 0.5) is 0 Å². The molecule has 0 aliphatic heterocycles. The van der Waals surface area contributed by atoms with Crippen molar-refractivity contribution in [3.8, 4) is 0 Å². The van der Waals surface area contributed by atoms with Gasteiger partial charge in [0, 0.05) is 11.0 Å². The molecule has 0 saturated heterocycles. The van der Waals surface area contributed by atoms with E-state index in [1.807, 2.05) is 23.8 Å². The first-order valence-electron chi connectivity index (χ1n) is 8.79. The van der Waals surface area contributed by atoms with E-state index in [9.17, 15) is 22.8 Å². The molecule has 9 nitrogen and oxygen atoms in total. The van der Waals surface area contributed by atoms with Crippen molar-refractivity contribution in [2.24, 2.45) is 0 Å². The van der Waals surface area contributed by atoms with Gasteiger partial charge in [-0.3, -0.25) is 25.2 Å². The predicted molar refractivity (Wildman–Crippen MR) is 110 cm³/mol. The fourth-order valence-corrected chi connectivity index (χ4v) is 2.83. The zero-order valence-corrected chi connectivity index (χ0v) is 16.9. The SMILES string of the molecule is Cc1ccc(C=CS(=O)(=O)NCC(=O)OCC(=O)NNC(=O)c2ccccc2)cc1. The van der Waals surface area contributed by atoms with Gasteiger partial charge in [-0.1, -0.05) is 48.0 Å². The van der Waals surface area contributed by atoms with Crippen LogP contribution in [-0.2, 0) is 24.3 Å². The van der Waals surface area contributed by atoms with Crippen molar-refractivity contribution in [2.75, 3.05) is 13.2 Å². The second kappa shape index (κ2) is 10.9. The number of esters is 1. The van der Waals surface area contributed by atoms with Gasteiger partial charge in [0.15, 0.2) is 6.61 Å². The minimum absolute atomic E-state index is 0.336. The molecule has 30 heavy (non-hydrogen) atoms. The molecular formula is C20H21N3O6S. The number of sulfonamides is 1. The van der Waals surface area contributed by atoms with E-state index in [2.05, 4.69) is 15.6 Å². The summed E-state index contributed by atoms with van der Waals surface area (Å²) in [6.07, 6.45) is 1.38. The Balaban J connectivity index is 1.70. The molecule has 0 bridgehead atoms. The molecule has 2 aromatic rings. The van der Waals surface area contributed by atoms with Crippen molar-refractivity contribution in [2.45, 2.75) is 6.92 Å². The highest BCUT2D eigenvalue weighted by atomic mass is 32.2. The molecule has 0 unspecified atom stereocenters. The van der Waals surface area contributed by atoms with Crippen LogP contribution in [0.3, 0.4) is 0 Å². The first-order valence-corrected chi connectivity index (χ1v) is 10.3. The lowest BCUT2D eigenvalue weighted by Crippen LogP contribution is -2.44. The van der Waals surface area contributed by atoms with Crippen molar-refractivity contribution in [1.82, 2.24) is 15.6 Å². The van der Waals surface area contributed by atoms with Gasteiger partial charge in [-0.2, -0.15) is 0 Å². The van der Waals surface area contributed by atoms with E-state index in [0.29, 0.717) is 11.1 Å². The molecular weight excluding hydrogens is 410 g/mol. The smallest absolute Gasteiger partial charge is 0.321 e. The summed E-state index contributed by atoms with van der Waals surface area (Å²) in [4.78, 5) is 35.0. The van der Waals surface area contributed by atoms with Crippen LogP contribution in [0.25, 0.3) is 6.08 Å². The molecule has 0 aliphatic carbocycles. The molecule has 0 aromatic heterocycles. The van der Waals surface area contributed by atoms with Gasteiger partial charge in [-0.25, -0.2) is 13.1 Å². The number of hydrogen-bond donors (Lipinski definition) is 3. The van der Waals surface area contributed by atoms with Crippen molar-refractivity contribution >= 4 is 33.9 Å². The number of aryl methyl sites for hydroxylation is 1. The standard InChI is InChI=1S/C20H21N3O6S/c1-15-7-9-16(10-8-15)11-12-30(27,28)21-13-19(25)29-14-18(24)22-23-20(26)17-5-3-2-4-6-17/h2-12,21H,13-14H2,1H3,(H,22,24)(H,23,26). The molecule has 0 aliphatic rings. The predicted octanol–water partition coefficient (Wildman–Crippen LogP) is 0.890. The number of hydrazine groups is 1. The lowest BCUT2D eigenvalue weighted by Gasteiger charge is -2.08. The lowest BCUT2D eigenvalue weighted by atomic mass is 10.2. The molecule has 3 N–H and O–H groups in total. The van der Waals surface area contributed by atoms with Crippen LogP contribution >= 0.6 is 0 Å². The average Bonchev–Trinajstić information content (AvgIpc) is 2.75. The summed E-state index contributed by atoms with van der Waals surface area (Å²) in [5.41, 5.74) is 6.31. The van der Waals surface area contributed by atoms with E-state index >= 15 is 0 Å². The first kappa shape index (κ1) is 22.8. The molecule has 0 radical (unpaired) electrons. The van der Waals surface area contributed by atoms with E-state index in [1.165, 1.54) is 6.08 Å². The molecule has 10 heteroatoms. The van der Waals surface area contributed by atoms with Crippen molar-refractivity contribution in [1.29, 1.82) is 0 Å². The molecule has 2 rings (SSSR count). The molecule has 0 fully saturated rings. The third kappa shape index (κ3) is 8.25. The van der Waals surface area contributed by atoms with Gasteiger partial charge >= 0.3 is 5.97 Å². The lowest BCUT2D eigenvalue weighted by molar-refractivity contribution is -0.147. The Morgan fingerprint density at radius 3 is 2.30 bits per heavy atom. The number of rotatable bonds is 8. The maximum Gasteiger partial charge on any atom is 0.321 e. The molecule has 0 saturated carbocycles. The van der Waals surface area contributed by atoms with Crippen LogP contribution in [0.2, 0.25) is 0 Å². The van der Waals surface area contributed by atoms with Gasteiger partial charge in [0.05, 0.1) is 0 Å². The van der Waals surface area contributed by atoms with Gasteiger partial charge in [0.1, 0.15) is 6.54 Å². The van der Waals surface area contributed by atoms with Gasteiger partial charge in [0.2, 0.25) is 10.0 Å². The van der Waals surface area contributed by atoms with Crippen molar-refractivity contribution < 1.29 is 27.5 Å². The molecule has 158 valence electrons. The van der Waals surface area contributed by atoms with Crippen LogP contribution in [0.15, 0.2) is 60.0 Å².